The number of ether oxygens (including phenoxy) is 5. The van der Waals surface area contributed by atoms with Crippen LogP contribution in [0.4, 0.5) is 4.79 Å². The first-order valence-corrected chi connectivity index (χ1v) is 19.3. The standard InChI is InChI=1S/C43H53NO14/c1-22-26(55-37(51)32(48)30(24-15-11-9-12-16-24)44-38(52)58-39(3,4)5)20-43(53)35(56-36(50)25-17-13-10-14-18-25)33-41(8,34(49)31(47)29(22)40(43,6)7)27(46)19-28-42(33,21-54-28)57-23(2)45/h9-18,26-28,30-33,35,46-48,53H,19-21H2,1-8H3,(H,44,52)/t26?,27?,28-,30?,31?,32?,33+,35?,41+,42-,43+/m0/s1. The topological polar surface area (TPSA) is 224 Å². The number of benzene rings is 2. The lowest BCUT2D eigenvalue weighted by Gasteiger charge is -2.67. The highest BCUT2D eigenvalue weighted by Gasteiger charge is 2.78. The fourth-order valence-corrected chi connectivity index (χ4v) is 9.56. The SMILES string of the molecule is CC(=O)O[C@@]12CO[C@H]1CC(O)[C@@]1(C)C(=O)C(O)C3=C(C)C(OC(=O)C(O)C(NC(=O)OC(C)(C)C)c4ccccc4)C[C@@](O)(C(OC(=O)c4ccccc4)[C@@H]21)C3(C)C. The van der Waals surface area contributed by atoms with Crippen LogP contribution in [0.15, 0.2) is 71.8 Å². The number of hydrogen-bond acceptors (Lipinski definition) is 14. The van der Waals surface area contributed by atoms with Gasteiger partial charge in [0.25, 0.3) is 0 Å². The Hall–Kier alpha value is -4.67. The van der Waals surface area contributed by atoms with E-state index in [0.29, 0.717) is 5.56 Å². The molecule has 15 heteroatoms. The van der Waals surface area contributed by atoms with Gasteiger partial charge in [-0.2, -0.15) is 0 Å². The Kier molecular flexibility index (Phi) is 11.2. The maximum absolute atomic E-state index is 14.9. The molecule has 1 heterocycles. The summed E-state index contributed by atoms with van der Waals surface area (Å²) in [5, 5.41) is 51.6. The van der Waals surface area contributed by atoms with Crippen molar-refractivity contribution in [2.45, 2.75) is 128 Å². The van der Waals surface area contributed by atoms with Crippen molar-refractivity contribution in [1.29, 1.82) is 0 Å². The van der Waals surface area contributed by atoms with E-state index in [-0.39, 0.29) is 29.7 Å². The van der Waals surface area contributed by atoms with Crippen LogP contribution in [0.3, 0.4) is 0 Å². The summed E-state index contributed by atoms with van der Waals surface area (Å²) in [6, 6.07) is 14.6. The van der Waals surface area contributed by atoms with Crippen molar-refractivity contribution < 1.29 is 68.1 Å². The van der Waals surface area contributed by atoms with E-state index in [9.17, 15) is 44.4 Å². The van der Waals surface area contributed by atoms with Crippen LogP contribution >= 0.6 is 0 Å². The van der Waals surface area contributed by atoms with Crippen LogP contribution in [0.25, 0.3) is 0 Å². The number of fused-ring (bicyclic) bond motifs is 5. The minimum Gasteiger partial charge on any atom is -0.456 e. The Labute approximate surface area is 336 Å². The predicted molar refractivity (Wildman–Crippen MR) is 204 cm³/mol. The van der Waals surface area contributed by atoms with Gasteiger partial charge in [-0.3, -0.25) is 9.59 Å². The van der Waals surface area contributed by atoms with Crippen LogP contribution in [-0.2, 0) is 38.1 Å². The maximum Gasteiger partial charge on any atom is 0.408 e. The molecule has 6 unspecified atom stereocenters. The van der Waals surface area contributed by atoms with Crippen LogP contribution in [0, 0.1) is 16.7 Å². The molecular weight excluding hydrogens is 754 g/mol. The quantitative estimate of drug-likeness (QED) is 0.147. The van der Waals surface area contributed by atoms with Gasteiger partial charge < -0.3 is 49.4 Å². The van der Waals surface area contributed by atoms with Crippen LogP contribution in [-0.4, -0.2) is 110 Å². The van der Waals surface area contributed by atoms with Gasteiger partial charge in [0.1, 0.15) is 35.6 Å². The first-order chi connectivity index (χ1) is 27.0. The Morgan fingerprint density at radius 3 is 2.10 bits per heavy atom. The van der Waals surface area contributed by atoms with Crippen molar-refractivity contribution in [2.75, 3.05) is 6.61 Å². The summed E-state index contributed by atoms with van der Waals surface area (Å²) in [7, 11) is 0. The second-order valence-corrected chi connectivity index (χ2v) is 17.6. The second kappa shape index (κ2) is 15.2. The molecule has 5 N–H and O–H groups in total. The Bertz CT molecular complexity index is 1980. The van der Waals surface area contributed by atoms with E-state index in [1.165, 1.54) is 26.0 Å². The molecule has 1 aliphatic heterocycles. The van der Waals surface area contributed by atoms with Gasteiger partial charge in [-0.1, -0.05) is 62.4 Å². The Balaban J connectivity index is 1.49. The minimum absolute atomic E-state index is 0.0637. The van der Waals surface area contributed by atoms with E-state index in [4.69, 9.17) is 23.7 Å². The summed E-state index contributed by atoms with van der Waals surface area (Å²) in [6.07, 6.45) is -11.5. The van der Waals surface area contributed by atoms with Crippen LogP contribution in [0.1, 0.15) is 90.2 Å². The largest absolute Gasteiger partial charge is 0.456 e. The zero-order valence-corrected chi connectivity index (χ0v) is 33.9. The van der Waals surface area contributed by atoms with Gasteiger partial charge in [0.2, 0.25) is 0 Å². The fourth-order valence-electron chi connectivity index (χ4n) is 9.56. The second-order valence-electron chi connectivity index (χ2n) is 17.6. The molecule has 2 bridgehead atoms. The summed E-state index contributed by atoms with van der Waals surface area (Å²) >= 11 is 0. The Morgan fingerprint density at radius 1 is 0.948 bits per heavy atom. The summed E-state index contributed by atoms with van der Waals surface area (Å²) in [6.45, 7) is 11.8. The van der Waals surface area contributed by atoms with Crippen molar-refractivity contribution in [3.63, 3.8) is 0 Å². The van der Waals surface area contributed by atoms with Crippen molar-refractivity contribution in [3.05, 3.63) is 82.9 Å². The number of amides is 1. The van der Waals surface area contributed by atoms with Gasteiger partial charge in [-0.25, -0.2) is 14.4 Å². The van der Waals surface area contributed by atoms with Gasteiger partial charge in [0.15, 0.2) is 17.5 Å². The van der Waals surface area contributed by atoms with Gasteiger partial charge in [0, 0.05) is 25.2 Å². The predicted octanol–water partition coefficient (Wildman–Crippen LogP) is 3.26. The van der Waals surface area contributed by atoms with Crippen molar-refractivity contribution in [3.8, 4) is 0 Å². The lowest BCUT2D eigenvalue weighted by molar-refractivity contribution is -0.346. The lowest BCUT2D eigenvalue weighted by Crippen LogP contribution is -2.81. The molecule has 0 radical (unpaired) electrons. The molecule has 11 atom stereocenters. The zero-order chi connectivity index (χ0) is 42.7. The molecule has 15 nitrogen and oxygen atoms in total. The van der Waals surface area contributed by atoms with Gasteiger partial charge in [-0.05, 0) is 63.5 Å². The number of nitrogens with one attached hydrogen (secondary N) is 1. The van der Waals surface area contributed by atoms with Crippen LogP contribution in [0.5, 0.6) is 0 Å². The third-order valence-electron chi connectivity index (χ3n) is 12.6. The molecule has 1 amide bonds. The number of aliphatic hydroxyl groups is 4. The average molecular weight is 808 g/mol. The molecule has 2 aromatic rings. The van der Waals surface area contributed by atoms with Crippen molar-refractivity contribution in [1.82, 2.24) is 5.32 Å². The third-order valence-corrected chi connectivity index (χ3v) is 12.6. The molecule has 2 saturated carbocycles. The number of hydrogen-bond donors (Lipinski definition) is 5. The van der Waals surface area contributed by atoms with E-state index < -0.39 is 112 Å². The number of carbonyl (C=O) groups is 5. The smallest absolute Gasteiger partial charge is 0.408 e. The zero-order valence-electron chi connectivity index (χ0n) is 33.9. The lowest BCUT2D eigenvalue weighted by atomic mass is 9.44. The molecule has 4 aliphatic rings. The molecular formula is C43H53NO14. The number of esters is 3. The number of ketones is 1. The van der Waals surface area contributed by atoms with E-state index in [2.05, 4.69) is 5.32 Å². The van der Waals surface area contributed by atoms with E-state index in [1.807, 2.05) is 0 Å². The summed E-state index contributed by atoms with van der Waals surface area (Å²) in [5.41, 5.74) is -8.14. The van der Waals surface area contributed by atoms with Crippen LogP contribution in [0.2, 0.25) is 0 Å². The summed E-state index contributed by atoms with van der Waals surface area (Å²) in [4.78, 5) is 68.9. The molecule has 1 saturated heterocycles. The van der Waals surface area contributed by atoms with E-state index >= 15 is 0 Å². The summed E-state index contributed by atoms with van der Waals surface area (Å²) < 4.78 is 29.5. The van der Waals surface area contributed by atoms with E-state index in [0.717, 1.165) is 6.92 Å². The molecule has 0 spiro atoms. The monoisotopic (exact) mass is 807 g/mol. The molecule has 314 valence electrons. The molecule has 0 aromatic heterocycles. The number of carbonyl (C=O) groups excluding carboxylic acids is 5. The third kappa shape index (κ3) is 7.10. The Morgan fingerprint density at radius 2 is 1.55 bits per heavy atom. The number of aliphatic hydroxyl groups excluding tert-OH is 3. The van der Waals surface area contributed by atoms with Crippen LogP contribution < -0.4 is 5.32 Å². The molecule has 6 rings (SSSR count). The average Bonchev–Trinajstić information content (AvgIpc) is 3.14. The van der Waals surface area contributed by atoms with Crippen molar-refractivity contribution >= 4 is 29.8 Å². The highest BCUT2D eigenvalue weighted by Crippen LogP contribution is 2.64. The van der Waals surface area contributed by atoms with Gasteiger partial charge in [0.05, 0.1) is 35.6 Å². The molecule has 3 fully saturated rings. The number of Topliss-reactive ketones (excluding diaryl/α,β-unsaturated/α-hetero) is 1. The fraction of sp³-hybridized carbons (Fsp3) is 0.558. The normalized spacial score (nSPS) is 33.7. The molecule has 2 aromatic carbocycles. The van der Waals surface area contributed by atoms with Gasteiger partial charge >= 0.3 is 24.0 Å². The first kappa shape index (κ1) is 42.9. The van der Waals surface area contributed by atoms with Crippen molar-refractivity contribution in [2.24, 2.45) is 16.7 Å². The van der Waals surface area contributed by atoms with E-state index in [1.54, 1.807) is 83.1 Å². The highest BCUT2D eigenvalue weighted by molar-refractivity contribution is 5.94. The number of alkyl carbamates (subject to hydrolysis) is 1. The number of rotatable bonds is 8. The molecule has 58 heavy (non-hydrogen) atoms. The minimum atomic E-state index is -2.35. The van der Waals surface area contributed by atoms with Gasteiger partial charge in [-0.15, -0.1) is 0 Å². The first-order valence-electron chi connectivity index (χ1n) is 19.3. The molecule has 3 aliphatic carbocycles. The highest BCUT2D eigenvalue weighted by atomic mass is 16.6. The summed E-state index contributed by atoms with van der Waals surface area (Å²) in [5.74, 6) is -5.36. The maximum atomic E-state index is 14.9.